The zero-order valence-corrected chi connectivity index (χ0v) is 19.5. The number of quaternary nitrogens is 1. The first kappa shape index (κ1) is 21.5. The number of rotatable bonds is 4. The Bertz CT molecular complexity index is 1230. The number of hydrogen-bond acceptors (Lipinski definition) is 2. The van der Waals surface area contributed by atoms with Gasteiger partial charge < -0.3 is 9.22 Å². The molecule has 0 unspecified atom stereocenters. The third-order valence-electron chi connectivity index (χ3n) is 6.89. The monoisotopic (exact) mass is 439 g/mol. The highest BCUT2D eigenvalue weighted by Crippen LogP contribution is 2.39. The summed E-state index contributed by atoms with van der Waals surface area (Å²) < 4.78 is 6.70. The summed E-state index contributed by atoms with van der Waals surface area (Å²) in [7, 11) is 4.41. The molecule has 5 rings (SSSR count). The van der Waals surface area contributed by atoms with Crippen LogP contribution in [0.15, 0.2) is 78.9 Å². The van der Waals surface area contributed by atoms with Gasteiger partial charge in [-0.1, -0.05) is 78.9 Å². The van der Waals surface area contributed by atoms with Crippen LogP contribution in [-0.2, 0) is 11.2 Å². The molecule has 1 heterocycles. The summed E-state index contributed by atoms with van der Waals surface area (Å²) in [6, 6.07) is 27.8. The maximum atomic E-state index is 12.7. The van der Waals surface area contributed by atoms with Crippen molar-refractivity contribution in [2.24, 2.45) is 0 Å². The first-order valence-electron chi connectivity index (χ1n) is 11.7. The Labute approximate surface area is 195 Å². The molecular formula is C29H31N2O2+. The Morgan fingerprint density at radius 2 is 1.30 bits per heavy atom. The number of amides is 1. The van der Waals surface area contributed by atoms with Crippen LogP contribution in [0.5, 0.6) is 0 Å². The zero-order chi connectivity index (χ0) is 22.8. The summed E-state index contributed by atoms with van der Waals surface area (Å²) in [5.41, 5.74) is 3.72. The molecule has 0 bridgehead atoms. The van der Waals surface area contributed by atoms with E-state index < -0.39 is 0 Å². The molecule has 0 saturated carbocycles. The summed E-state index contributed by atoms with van der Waals surface area (Å²) in [5, 5.41) is 4.92. The largest absolute Gasteiger partial charge is 0.449 e. The van der Waals surface area contributed by atoms with Crippen LogP contribution in [0.1, 0.15) is 5.56 Å². The lowest BCUT2D eigenvalue weighted by molar-refractivity contribution is -0.894. The molecule has 4 aromatic carbocycles. The van der Waals surface area contributed by atoms with Gasteiger partial charge in [0.2, 0.25) is 0 Å². The van der Waals surface area contributed by atoms with Gasteiger partial charge in [0, 0.05) is 6.42 Å². The maximum Gasteiger partial charge on any atom is 0.410 e. The summed E-state index contributed by atoms with van der Waals surface area (Å²) >= 11 is 0. The van der Waals surface area contributed by atoms with Crippen LogP contribution in [0, 0.1) is 0 Å². The molecule has 4 nitrogen and oxygen atoms in total. The van der Waals surface area contributed by atoms with Crippen molar-refractivity contribution >= 4 is 27.6 Å². The van der Waals surface area contributed by atoms with Crippen molar-refractivity contribution in [2.45, 2.75) is 6.42 Å². The van der Waals surface area contributed by atoms with E-state index in [1.807, 2.05) is 4.90 Å². The van der Waals surface area contributed by atoms with E-state index in [2.05, 4.69) is 93.0 Å². The lowest BCUT2D eigenvalue weighted by Crippen LogP contribution is -2.56. The first-order valence-corrected chi connectivity index (χ1v) is 11.7. The van der Waals surface area contributed by atoms with Crippen molar-refractivity contribution in [1.82, 2.24) is 4.90 Å². The van der Waals surface area contributed by atoms with Crippen LogP contribution in [-0.4, -0.2) is 62.4 Å². The highest BCUT2D eigenvalue weighted by molar-refractivity contribution is 6.15. The molecule has 1 aliphatic heterocycles. The molecule has 1 aliphatic rings. The molecule has 4 heteroatoms. The van der Waals surface area contributed by atoms with Crippen LogP contribution in [0.2, 0.25) is 0 Å². The molecule has 1 saturated heterocycles. The molecule has 4 aromatic rings. The molecule has 0 atom stereocenters. The van der Waals surface area contributed by atoms with Crippen molar-refractivity contribution in [3.05, 3.63) is 84.4 Å². The van der Waals surface area contributed by atoms with Gasteiger partial charge in [-0.2, -0.15) is 0 Å². The lowest BCUT2D eigenvalue weighted by Gasteiger charge is -2.38. The Balaban J connectivity index is 1.46. The van der Waals surface area contributed by atoms with Gasteiger partial charge >= 0.3 is 6.09 Å². The zero-order valence-electron chi connectivity index (χ0n) is 19.5. The smallest absolute Gasteiger partial charge is 0.410 e. The Hall–Kier alpha value is -3.37. The van der Waals surface area contributed by atoms with E-state index in [4.69, 9.17) is 4.74 Å². The molecule has 0 spiro atoms. The topological polar surface area (TPSA) is 29.5 Å². The molecule has 0 radical (unpaired) electrons. The molecule has 33 heavy (non-hydrogen) atoms. The second-order valence-electron chi connectivity index (χ2n) is 9.55. The van der Waals surface area contributed by atoms with Gasteiger partial charge in [0.05, 0.1) is 46.9 Å². The fraction of sp³-hybridized carbons (Fsp3) is 0.276. The van der Waals surface area contributed by atoms with Gasteiger partial charge in [-0.25, -0.2) is 4.79 Å². The molecule has 1 fully saturated rings. The van der Waals surface area contributed by atoms with E-state index in [1.54, 1.807) is 0 Å². The van der Waals surface area contributed by atoms with Crippen LogP contribution in [0.3, 0.4) is 0 Å². The van der Waals surface area contributed by atoms with Crippen molar-refractivity contribution in [3.63, 3.8) is 0 Å². The van der Waals surface area contributed by atoms with Gasteiger partial charge in [-0.05, 0) is 38.2 Å². The van der Waals surface area contributed by atoms with E-state index in [0.29, 0.717) is 13.0 Å². The molecule has 0 aliphatic carbocycles. The fourth-order valence-electron chi connectivity index (χ4n) is 4.92. The minimum Gasteiger partial charge on any atom is -0.449 e. The second kappa shape index (κ2) is 8.87. The van der Waals surface area contributed by atoms with E-state index in [9.17, 15) is 4.79 Å². The van der Waals surface area contributed by atoms with Gasteiger partial charge in [0.15, 0.2) is 0 Å². The van der Waals surface area contributed by atoms with Crippen molar-refractivity contribution in [1.29, 1.82) is 0 Å². The molecule has 1 amide bonds. The fourth-order valence-corrected chi connectivity index (χ4v) is 4.92. The number of nitrogens with zero attached hydrogens (tertiary/aromatic N) is 2. The SMILES string of the molecule is C[N+]1(C)CCN(C(=O)OCCc2c3ccccc3c(-c3ccccc3)c3ccccc23)CC1. The minimum atomic E-state index is -0.191. The Morgan fingerprint density at radius 3 is 1.88 bits per heavy atom. The van der Waals surface area contributed by atoms with Crippen molar-refractivity contribution < 1.29 is 14.0 Å². The van der Waals surface area contributed by atoms with Gasteiger partial charge in [-0.15, -0.1) is 0 Å². The number of hydrogen-bond donors (Lipinski definition) is 0. The average molecular weight is 440 g/mol. The Morgan fingerprint density at radius 1 is 0.788 bits per heavy atom. The van der Waals surface area contributed by atoms with E-state index in [1.165, 1.54) is 38.2 Å². The summed E-state index contributed by atoms with van der Waals surface area (Å²) in [6.07, 6.45) is 0.501. The molecule has 0 aromatic heterocycles. The molecule has 0 N–H and O–H groups in total. The molecule has 168 valence electrons. The summed E-state index contributed by atoms with van der Waals surface area (Å²) in [5.74, 6) is 0. The Kier molecular flexibility index (Phi) is 5.77. The van der Waals surface area contributed by atoms with E-state index in [-0.39, 0.29) is 6.09 Å². The number of likely N-dealkylation sites (N-methyl/N-ethyl adjacent to an activating group) is 1. The van der Waals surface area contributed by atoms with Crippen molar-refractivity contribution in [2.75, 3.05) is 46.9 Å². The maximum absolute atomic E-state index is 12.7. The van der Waals surface area contributed by atoms with Gasteiger partial charge in [0.1, 0.15) is 0 Å². The standard InChI is InChI=1S/C29H31N2O2/c1-31(2)19-17-30(18-20-31)29(32)33-21-16-25-23-12-6-8-14-26(23)28(22-10-4-3-5-11-22)27-15-9-7-13-24(25)27/h3-15H,16-21H2,1-2H3/q+1. The third kappa shape index (κ3) is 4.31. The summed E-state index contributed by atoms with van der Waals surface area (Å²) in [6.45, 7) is 3.82. The van der Waals surface area contributed by atoms with Crippen LogP contribution < -0.4 is 0 Å². The lowest BCUT2D eigenvalue weighted by atomic mass is 9.87. The first-order chi connectivity index (χ1) is 16.0. The number of carbonyl (C=O) groups is 1. The van der Waals surface area contributed by atoms with E-state index in [0.717, 1.165) is 30.7 Å². The predicted octanol–water partition coefficient (Wildman–Crippen LogP) is 5.73. The van der Waals surface area contributed by atoms with Crippen molar-refractivity contribution in [3.8, 4) is 11.1 Å². The number of ether oxygens (including phenoxy) is 1. The van der Waals surface area contributed by atoms with Crippen LogP contribution in [0.25, 0.3) is 32.7 Å². The quantitative estimate of drug-likeness (QED) is 0.300. The molecular weight excluding hydrogens is 408 g/mol. The van der Waals surface area contributed by atoms with Crippen LogP contribution in [0.4, 0.5) is 4.79 Å². The predicted molar refractivity (Wildman–Crippen MR) is 135 cm³/mol. The normalized spacial score (nSPS) is 15.6. The average Bonchev–Trinajstić information content (AvgIpc) is 2.84. The highest BCUT2D eigenvalue weighted by Gasteiger charge is 2.28. The second-order valence-corrected chi connectivity index (χ2v) is 9.55. The summed E-state index contributed by atoms with van der Waals surface area (Å²) in [4.78, 5) is 14.5. The number of benzene rings is 4. The van der Waals surface area contributed by atoms with Crippen LogP contribution >= 0.6 is 0 Å². The van der Waals surface area contributed by atoms with E-state index >= 15 is 0 Å². The minimum absolute atomic E-state index is 0.191. The number of carbonyl (C=O) groups excluding carboxylic acids is 1. The number of piperazine rings is 1. The highest BCUT2D eigenvalue weighted by atomic mass is 16.6. The van der Waals surface area contributed by atoms with Gasteiger partial charge in [-0.3, -0.25) is 4.90 Å². The third-order valence-corrected chi connectivity index (χ3v) is 6.89. The number of fused-ring (bicyclic) bond motifs is 2. The van der Waals surface area contributed by atoms with Gasteiger partial charge in [0.25, 0.3) is 0 Å².